The summed E-state index contributed by atoms with van der Waals surface area (Å²) in [6, 6.07) is 8.08. The summed E-state index contributed by atoms with van der Waals surface area (Å²) < 4.78 is 0. The largest absolute Gasteiger partial charge is 0.359 e. The Hall–Kier alpha value is -1.80. The number of hydrogen-bond donors (Lipinski definition) is 1. The molecule has 1 aromatic heterocycles. The molecule has 0 atom stereocenters. The molecule has 0 unspecified atom stereocenters. The first-order chi connectivity index (χ1) is 9.61. The molecule has 0 radical (unpaired) electrons. The van der Waals surface area contributed by atoms with Gasteiger partial charge >= 0.3 is 0 Å². The Morgan fingerprint density at radius 2 is 1.90 bits per heavy atom. The maximum Gasteiger partial charge on any atom is 0.137 e. The number of benzene rings is 1. The van der Waals surface area contributed by atoms with Crippen molar-refractivity contribution >= 4 is 28.5 Å². The van der Waals surface area contributed by atoms with Crippen LogP contribution in [0.25, 0.3) is 11.8 Å². The van der Waals surface area contributed by atoms with Crippen LogP contribution in [0.4, 0.5) is 0 Å². The molecule has 2 nitrogen and oxygen atoms in total. The van der Waals surface area contributed by atoms with Gasteiger partial charge in [0.05, 0.1) is 5.70 Å². The summed E-state index contributed by atoms with van der Waals surface area (Å²) in [5.74, 6) is 0. The molecule has 0 aliphatic carbocycles. The number of hydrogen-bond acceptors (Lipinski definition) is 1. The molecule has 0 bridgehead atoms. The average Bonchev–Trinajstić information content (AvgIpc) is 2.90. The molecule has 0 saturated carbocycles. The van der Waals surface area contributed by atoms with Crippen LogP contribution in [0.5, 0.6) is 0 Å². The minimum Gasteiger partial charge on any atom is -0.359 e. The summed E-state index contributed by atoms with van der Waals surface area (Å²) in [5.41, 5.74) is 8.09. The van der Waals surface area contributed by atoms with E-state index in [2.05, 4.69) is 42.9 Å². The molecule has 3 rings (SSSR count). The van der Waals surface area contributed by atoms with E-state index in [0.717, 1.165) is 28.9 Å². The molecule has 1 N–H and O–H groups in total. The molecule has 1 aliphatic rings. The number of fused-ring (bicyclic) bond motifs is 1. The maximum absolute atomic E-state index is 6.21. The van der Waals surface area contributed by atoms with Crippen LogP contribution in [0.2, 0.25) is 0 Å². The number of nitrogens with zero attached hydrogens (tertiary/aromatic N) is 1. The van der Waals surface area contributed by atoms with Crippen molar-refractivity contribution in [2.75, 3.05) is 0 Å². The lowest BCUT2D eigenvalue weighted by Crippen LogP contribution is -1.87. The topological polar surface area (TPSA) is 28.1 Å². The van der Waals surface area contributed by atoms with Gasteiger partial charge in [0, 0.05) is 22.5 Å². The Balaban J connectivity index is 2.13. The Morgan fingerprint density at radius 1 is 1.20 bits per heavy atom. The highest BCUT2D eigenvalue weighted by atomic mass is 35.5. The van der Waals surface area contributed by atoms with Gasteiger partial charge in [0.1, 0.15) is 5.17 Å². The third-order valence-corrected chi connectivity index (χ3v) is 4.23. The second-order valence-corrected chi connectivity index (χ2v) is 5.46. The molecular weight excluding hydrogens is 268 g/mol. The maximum atomic E-state index is 6.21. The van der Waals surface area contributed by atoms with E-state index in [1.54, 1.807) is 0 Å². The lowest BCUT2D eigenvalue weighted by Gasteiger charge is -2.01. The molecule has 20 heavy (non-hydrogen) atoms. The molecule has 2 aromatic rings. The number of H-pyrrole nitrogens is 1. The normalized spacial score (nSPS) is 15.6. The molecule has 3 heteroatoms. The lowest BCUT2D eigenvalue weighted by molar-refractivity contribution is 1.11. The first-order valence-corrected chi connectivity index (χ1v) is 7.23. The molecule has 0 saturated heterocycles. The summed E-state index contributed by atoms with van der Waals surface area (Å²) >= 11 is 6.21. The minimum atomic E-state index is 0.574. The van der Waals surface area contributed by atoms with Crippen LogP contribution >= 0.6 is 11.6 Å². The fraction of sp³-hybridized carbons (Fsp3) is 0.235. The highest BCUT2D eigenvalue weighted by Gasteiger charge is 2.19. The van der Waals surface area contributed by atoms with Crippen LogP contribution in [0, 0.1) is 13.8 Å². The third kappa shape index (κ3) is 2.01. The van der Waals surface area contributed by atoms with Gasteiger partial charge in [-0.15, -0.1) is 0 Å². The van der Waals surface area contributed by atoms with E-state index in [-0.39, 0.29) is 0 Å². The van der Waals surface area contributed by atoms with E-state index in [9.17, 15) is 0 Å². The molecular formula is C17H17ClN2. The number of aromatic amines is 1. The van der Waals surface area contributed by atoms with Gasteiger partial charge < -0.3 is 4.98 Å². The molecule has 102 valence electrons. The van der Waals surface area contributed by atoms with Gasteiger partial charge in [0.2, 0.25) is 0 Å². The van der Waals surface area contributed by atoms with E-state index in [1.165, 1.54) is 16.8 Å². The molecule has 2 heterocycles. The first-order valence-electron chi connectivity index (χ1n) is 6.85. The van der Waals surface area contributed by atoms with Crippen LogP contribution in [-0.4, -0.2) is 10.2 Å². The van der Waals surface area contributed by atoms with E-state index < -0.39 is 0 Å². The number of rotatable bonds is 2. The number of aromatic nitrogens is 1. The van der Waals surface area contributed by atoms with Gasteiger partial charge in [-0.05, 0) is 37.5 Å². The smallest absolute Gasteiger partial charge is 0.137 e. The fourth-order valence-electron chi connectivity index (χ4n) is 2.74. The quantitative estimate of drug-likeness (QED) is 0.829. The number of aryl methyl sites for hydroxylation is 1. The van der Waals surface area contributed by atoms with Crippen LogP contribution < -0.4 is 0 Å². The number of nitrogens with one attached hydrogen (secondary N) is 1. The summed E-state index contributed by atoms with van der Waals surface area (Å²) in [7, 11) is 0. The van der Waals surface area contributed by atoms with E-state index in [0.29, 0.717) is 5.17 Å². The van der Waals surface area contributed by atoms with Crippen LogP contribution in [-0.2, 0) is 6.42 Å². The van der Waals surface area contributed by atoms with Crippen molar-refractivity contribution in [2.45, 2.75) is 27.2 Å². The summed E-state index contributed by atoms with van der Waals surface area (Å²) in [4.78, 5) is 7.94. The Kier molecular flexibility index (Phi) is 3.27. The van der Waals surface area contributed by atoms with Crippen molar-refractivity contribution in [1.82, 2.24) is 4.98 Å². The Labute approximate surface area is 124 Å². The van der Waals surface area contributed by atoms with Gasteiger partial charge in [-0.2, -0.15) is 0 Å². The SMILES string of the molecule is CCc1c(/C=C2\N=C(Cl)c3ccccc32)[nH]c(C)c1C. The third-order valence-electron chi connectivity index (χ3n) is 3.94. The van der Waals surface area contributed by atoms with Crippen LogP contribution in [0.15, 0.2) is 29.3 Å². The monoisotopic (exact) mass is 284 g/mol. The van der Waals surface area contributed by atoms with Gasteiger partial charge in [-0.3, -0.25) is 0 Å². The Bertz CT molecular complexity index is 735. The highest BCUT2D eigenvalue weighted by molar-refractivity contribution is 6.71. The van der Waals surface area contributed by atoms with E-state index in [4.69, 9.17) is 11.6 Å². The van der Waals surface area contributed by atoms with Crippen molar-refractivity contribution in [3.8, 4) is 0 Å². The van der Waals surface area contributed by atoms with Crippen molar-refractivity contribution in [1.29, 1.82) is 0 Å². The van der Waals surface area contributed by atoms with Crippen molar-refractivity contribution in [2.24, 2.45) is 4.99 Å². The summed E-state index contributed by atoms with van der Waals surface area (Å²) in [6.07, 6.45) is 3.11. The molecule has 0 fully saturated rings. The zero-order valence-corrected chi connectivity index (χ0v) is 12.7. The van der Waals surface area contributed by atoms with Crippen LogP contribution in [0.1, 0.15) is 40.6 Å². The summed E-state index contributed by atoms with van der Waals surface area (Å²) in [6.45, 7) is 6.44. The summed E-state index contributed by atoms with van der Waals surface area (Å²) in [5, 5.41) is 0.574. The minimum absolute atomic E-state index is 0.574. The van der Waals surface area contributed by atoms with Gasteiger partial charge in [0.25, 0.3) is 0 Å². The van der Waals surface area contributed by atoms with Gasteiger partial charge in [-0.1, -0.05) is 42.8 Å². The predicted octanol–water partition coefficient (Wildman–Crippen LogP) is 4.69. The zero-order chi connectivity index (χ0) is 14.3. The van der Waals surface area contributed by atoms with E-state index >= 15 is 0 Å². The highest BCUT2D eigenvalue weighted by Crippen LogP contribution is 2.32. The average molecular weight is 285 g/mol. The van der Waals surface area contributed by atoms with Gasteiger partial charge in [0.15, 0.2) is 0 Å². The molecule has 0 amide bonds. The second-order valence-electron chi connectivity index (χ2n) is 5.10. The molecule has 1 aromatic carbocycles. The molecule has 1 aliphatic heterocycles. The number of aliphatic imine (C=N–C) groups is 1. The van der Waals surface area contributed by atoms with Crippen molar-refractivity contribution < 1.29 is 0 Å². The number of halogens is 1. The predicted molar refractivity (Wildman–Crippen MR) is 86.3 cm³/mol. The lowest BCUT2D eigenvalue weighted by atomic mass is 10.0. The van der Waals surface area contributed by atoms with E-state index in [1.807, 2.05) is 18.2 Å². The zero-order valence-electron chi connectivity index (χ0n) is 11.9. The fourth-order valence-corrected chi connectivity index (χ4v) is 2.99. The van der Waals surface area contributed by atoms with Crippen molar-refractivity contribution in [3.63, 3.8) is 0 Å². The van der Waals surface area contributed by atoms with Crippen molar-refractivity contribution in [3.05, 3.63) is 57.9 Å². The van der Waals surface area contributed by atoms with Gasteiger partial charge in [-0.25, -0.2) is 4.99 Å². The first kappa shape index (κ1) is 13.2. The second kappa shape index (κ2) is 4.95. The van der Waals surface area contributed by atoms with Crippen LogP contribution in [0.3, 0.4) is 0 Å². The standard InChI is InChI=1S/C17H17ClN2/c1-4-12-10(2)11(3)19-15(12)9-16-13-7-5-6-8-14(13)17(18)20-16/h5-9,19H,4H2,1-3H3/b16-9-. The molecule has 0 spiro atoms. The Morgan fingerprint density at radius 3 is 2.60 bits per heavy atom.